The van der Waals surface area contributed by atoms with Gasteiger partial charge in [-0.3, -0.25) is 18.9 Å². The topological polar surface area (TPSA) is 251 Å². The lowest BCUT2D eigenvalue weighted by atomic mass is 9.97. The number of amides is 2. The predicted octanol–water partition coefficient (Wildman–Crippen LogP) is -2.73. The van der Waals surface area contributed by atoms with Crippen molar-refractivity contribution < 1.29 is 51.9 Å². The average Bonchev–Trinajstić information content (AvgIpc) is 3.21. The van der Waals surface area contributed by atoms with Gasteiger partial charge in [-0.2, -0.15) is 8.42 Å². The van der Waals surface area contributed by atoms with Crippen LogP contribution in [0.4, 0.5) is 5.13 Å². The van der Waals surface area contributed by atoms with E-state index in [-0.39, 0.29) is 34.7 Å². The molecule has 2 heterocycles. The molecule has 206 valence electrons. The van der Waals surface area contributed by atoms with Gasteiger partial charge >= 0.3 is 16.3 Å². The smallest absolute Gasteiger partial charge is 0.362 e. The van der Waals surface area contributed by atoms with Gasteiger partial charge < -0.3 is 35.7 Å². The summed E-state index contributed by atoms with van der Waals surface area (Å²) in [6.45, 7) is 1.58. The molecular formula is C18H26N6O11S2. The Morgan fingerprint density at radius 1 is 1.46 bits per heavy atom. The summed E-state index contributed by atoms with van der Waals surface area (Å²) in [5.41, 5.74) is 3.09. The molecule has 0 radical (unpaired) electrons. The number of oxime groups is 1. The van der Waals surface area contributed by atoms with E-state index in [1.165, 1.54) is 31.2 Å². The molecule has 2 rings (SSSR count). The van der Waals surface area contributed by atoms with Gasteiger partial charge in [-0.1, -0.05) is 5.16 Å². The lowest BCUT2D eigenvalue weighted by Crippen LogP contribution is -2.74. The molecule has 0 aliphatic carbocycles. The summed E-state index contributed by atoms with van der Waals surface area (Å²) in [4.78, 5) is 57.8. The first-order valence-electron chi connectivity index (χ1n) is 10.3. The number of anilines is 1. The molecule has 1 aromatic rings. The van der Waals surface area contributed by atoms with E-state index in [2.05, 4.69) is 20.2 Å². The van der Waals surface area contributed by atoms with Gasteiger partial charge in [0.25, 0.3) is 18.3 Å². The molecule has 0 spiro atoms. The Hall–Kier alpha value is -3.39. The third-order valence-corrected chi connectivity index (χ3v) is 6.65. The summed E-state index contributed by atoms with van der Waals surface area (Å²) in [6.07, 6.45) is -0.964. The number of nitrogen functional groups attached to an aromatic ring is 1. The summed E-state index contributed by atoms with van der Waals surface area (Å²) < 4.78 is 37.8. The molecular weight excluding hydrogens is 540 g/mol. The highest BCUT2D eigenvalue weighted by molar-refractivity contribution is 7.84. The van der Waals surface area contributed by atoms with Crippen molar-refractivity contribution in [3.05, 3.63) is 11.1 Å². The zero-order valence-corrected chi connectivity index (χ0v) is 21.4. The Labute approximate surface area is 214 Å². The summed E-state index contributed by atoms with van der Waals surface area (Å²) in [6, 6.07) is -2.80. The molecule has 17 nitrogen and oxygen atoms in total. The van der Waals surface area contributed by atoms with Crippen LogP contribution in [0.1, 0.15) is 19.5 Å². The first kappa shape index (κ1) is 29.8. The molecule has 1 aliphatic heterocycles. The van der Waals surface area contributed by atoms with Crippen molar-refractivity contribution in [1.82, 2.24) is 19.5 Å². The largest absolute Gasteiger partial charge is 0.478 e. The molecule has 6 N–H and O–H groups in total. The molecule has 1 saturated heterocycles. The molecule has 19 heteroatoms. The molecule has 1 aromatic heterocycles. The number of carbonyl (C=O) groups is 4. The minimum absolute atomic E-state index is 0.0424. The second kappa shape index (κ2) is 11.8. The summed E-state index contributed by atoms with van der Waals surface area (Å²) >= 11 is 0.936. The van der Waals surface area contributed by atoms with Gasteiger partial charge in [-0.05, 0) is 20.9 Å². The van der Waals surface area contributed by atoms with Gasteiger partial charge in [0.1, 0.15) is 17.8 Å². The highest BCUT2D eigenvalue weighted by atomic mass is 32.2. The summed E-state index contributed by atoms with van der Waals surface area (Å²) in [5.74, 6) is -3.64. The Bertz CT molecular complexity index is 1170. The Kier molecular flexibility index (Phi) is 9.49. The standard InChI is InChI=1S/C18H26N6O11S2/c1-18(2,16(29)30)35-22-12(10-7-36-17(19)20-10)14(27)21-13-11(24(15(13)28)37(31,32)33)5-23(3)4-9(6-25)34-8-26/h7-9,11,13,25H,4-6H2,1-3H3,(H2,19,20)(H,21,27)(H,29,30)(H,31,32,33)/b22-12-/t9-,11+,13-/m0/s1. The van der Waals surface area contributed by atoms with E-state index in [4.69, 9.17) is 10.6 Å². The van der Waals surface area contributed by atoms with Crippen molar-refractivity contribution in [3.63, 3.8) is 0 Å². The molecule has 0 bridgehead atoms. The van der Waals surface area contributed by atoms with Crippen molar-refractivity contribution in [2.45, 2.75) is 37.6 Å². The number of hydrogen-bond donors (Lipinski definition) is 5. The van der Waals surface area contributed by atoms with Crippen LogP contribution in [0, 0.1) is 0 Å². The van der Waals surface area contributed by atoms with E-state index in [0.29, 0.717) is 0 Å². The Morgan fingerprint density at radius 3 is 2.59 bits per heavy atom. The van der Waals surface area contributed by atoms with E-state index >= 15 is 0 Å². The number of carboxylic acid groups (broad SMARTS) is 1. The van der Waals surface area contributed by atoms with Gasteiger partial charge in [-0.15, -0.1) is 11.3 Å². The van der Waals surface area contributed by atoms with Gasteiger partial charge in [0.15, 0.2) is 10.8 Å². The maximum atomic E-state index is 13.1. The van der Waals surface area contributed by atoms with Crippen molar-refractivity contribution in [2.75, 3.05) is 32.5 Å². The normalized spacial score (nSPS) is 19.2. The van der Waals surface area contributed by atoms with Gasteiger partial charge in [0.05, 0.1) is 12.6 Å². The van der Waals surface area contributed by atoms with Crippen LogP contribution in [0.15, 0.2) is 10.5 Å². The molecule has 1 aliphatic rings. The number of β-lactam (4-membered cyclic amide) rings is 1. The second-order valence-electron chi connectivity index (χ2n) is 8.31. The van der Waals surface area contributed by atoms with Crippen molar-refractivity contribution >= 4 is 56.7 Å². The first-order chi connectivity index (χ1) is 17.1. The second-order valence-corrected chi connectivity index (χ2v) is 10.5. The van der Waals surface area contributed by atoms with Gasteiger partial charge in [0.2, 0.25) is 5.60 Å². The van der Waals surface area contributed by atoms with Crippen LogP contribution in [0.2, 0.25) is 0 Å². The number of hydrogen-bond acceptors (Lipinski definition) is 14. The molecule has 0 aromatic carbocycles. The third kappa shape index (κ3) is 7.32. The van der Waals surface area contributed by atoms with Crippen LogP contribution in [0.3, 0.4) is 0 Å². The Balaban J connectivity index is 2.31. The van der Waals surface area contributed by atoms with E-state index < -0.39 is 64.2 Å². The zero-order chi connectivity index (χ0) is 28.1. The number of nitrogens with zero attached hydrogens (tertiary/aromatic N) is 4. The van der Waals surface area contributed by atoms with E-state index in [9.17, 15) is 42.4 Å². The number of aromatic nitrogens is 1. The first-order valence-corrected chi connectivity index (χ1v) is 12.6. The monoisotopic (exact) mass is 566 g/mol. The van der Waals surface area contributed by atoms with Crippen LogP contribution >= 0.6 is 11.3 Å². The predicted molar refractivity (Wildman–Crippen MR) is 125 cm³/mol. The average molecular weight is 567 g/mol. The maximum Gasteiger partial charge on any atom is 0.362 e. The van der Waals surface area contributed by atoms with E-state index in [1.807, 2.05) is 0 Å². The fraction of sp³-hybridized carbons (Fsp3) is 0.556. The number of nitrogens with two attached hydrogens (primary N) is 1. The molecule has 0 unspecified atom stereocenters. The Morgan fingerprint density at radius 2 is 2.11 bits per heavy atom. The number of thiazole rings is 1. The summed E-state index contributed by atoms with van der Waals surface area (Å²) in [5, 5.41) is 25.7. The van der Waals surface area contributed by atoms with E-state index in [0.717, 1.165) is 11.3 Å². The quantitative estimate of drug-likeness (QED) is 0.0504. The van der Waals surface area contributed by atoms with Gasteiger partial charge in [0, 0.05) is 18.5 Å². The van der Waals surface area contributed by atoms with Crippen molar-refractivity contribution in [3.8, 4) is 0 Å². The minimum Gasteiger partial charge on any atom is -0.478 e. The van der Waals surface area contributed by atoms with Crippen molar-refractivity contribution in [2.24, 2.45) is 5.16 Å². The van der Waals surface area contributed by atoms with Crippen LogP contribution in [-0.2, 0) is 39.1 Å². The molecule has 0 saturated carbocycles. The number of rotatable bonds is 14. The van der Waals surface area contributed by atoms with Crippen LogP contribution < -0.4 is 11.1 Å². The summed E-state index contributed by atoms with van der Waals surface area (Å²) in [7, 11) is -3.56. The number of aliphatic carboxylic acids is 1. The number of likely N-dealkylation sites (N-methyl/N-ethyl adjacent to an activating group) is 1. The third-order valence-electron chi connectivity index (χ3n) is 5.03. The van der Waals surface area contributed by atoms with Crippen LogP contribution in [0.25, 0.3) is 0 Å². The lowest BCUT2D eigenvalue weighted by Gasteiger charge is -2.45. The number of ether oxygens (including phenoxy) is 1. The maximum absolute atomic E-state index is 13.1. The number of nitrogens with one attached hydrogen (secondary N) is 1. The highest BCUT2D eigenvalue weighted by Gasteiger charge is 2.54. The molecule has 1 fully saturated rings. The minimum atomic E-state index is -5.01. The van der Waals surface area contributed by atoms with Crippen molar-refractivity contribution in [1.29, 1.82) is 0 Å². The van der Waals surface area contributed by atoms with Gasteiger partial charge in [-0.25, -0.2) is 14.1 Å². The zero-order valence-electron chi connectivity index (χ0n) is 19.8. The fourth-order valence-electron chi connectivity index (χ4n) is 3.11. The molecule has 2 amide bonds. The fourth-order valence-corrected chi connectivity index (χ4v) is 4.53. The van der Waals surface area contributed by atoms with Crippen LogP contribution in [0.5, 0.6) is 0 Å². The SMILES string of the molecule is CN(C[C@@H](CO)OC=O)C[C@@H]1[C@H](NC(=O)/C(=N\OC(C)(C)C(=O)O)c2csc(N)n2)C(=O)N1S(=O)(=O)O. The van der Waals surface area contributed by atoms with Crippen LogP contribution in [-0.4, -0.2) is 118 Å². The molecule has 3 atom stereocenters. The number of aliphatic hydroxyl groups excluding tert-OH is 1. The molecule has 37 heavy (non-hydrogen) atoms. The lowest BCUT2D eigenvalue weighted by molar-refractivity contribution is -0.161. The number of carbonyl (C=O) groups excluding carboxylic acids is 3. The highest BCUT2D eigenvalue weighted by Crippen LogP contribution is 2.25. The number of aliphatic hydroxyl groups is 1. The van der Waals surface area contributed by atoms with E-state index in [1.54, 1.807) is 0 Å². The number of carboxylic acids is 1.